The fourth-order valence-corrected chi connectivity index (χ4v) is 3.40. The maximum atomic E-state index is 12.5. The lowest BCUT2D eigenvalue weighted by atomic mass is 9.86. The highest BCUT2D eigenvalue weighted by Gasteiger charge is 2.20. The van der Waals surface area contributed by atoms with Gasteiger partial charge >= 0.3 is 0 Å². The Labute approximate surface area is 159 Å². The van der Waals surface area contributed by atoms with Crippen LogP contribution in [0.15, 0.2) is 59.7 Å². The van der Waals surface area contributed by atoms with Crippen molar-refractivity contribution in [3.63, 3.8) is 0 Å². The molecule has 1 aliphatic heterocycles. The second kappa shape index (κ2) is 7.31. The summed E-state index contributed by atoms with van der Waals surface area (Å²) in [5.74, 6) is 2.46. The van der Waals surface area contributed by atoms with Crippen LogP contribution >= 0.6 is 0 Å². The maximum absolute atomic E-state index is 12.5. The van der Waals surface area contributed by atoms with Gasteiger partial charge in [-0.25, -0.2) is 0 Å². The lowest BCUT2D eigenvalue weighted by Gasteiger charge is -2.18. The summed E-state index contributed by atoms with van der Waals surface area (Å²) in [6.07, 6.45) is 4.06. The molecule has 1 heterocycles. The topological polar surface area (TPSA) is 44.8 Å². The van der Waals surface area contributed by atoms with Gasteiger partial charge < -0.3 is 14.2 Å². The number of hydrogen-bond donors (Lipinski definition) is 0. The SMILES string of the molecule is [CH2]C1=C(CCc2ccc3c(c2)OCO3)C=C(c2ccc(OC)cc2)CC1=O. The van der Waals surface area contributed by atoms with Crippen LogP contribution in [0.1, 0.15) is 24.0 Å². The number of rotatable bonds is 5. The van der Waals surface area contributed by atoms with Crippen LogP contribution in [0.25, 0.3) is 5.57 Å². The lowest BCUT2D eigenvalue weighted by Crippen LogP contribution is -2.10. The van der Waals surface area contributed by atoms with Crippen molar-refractivity contribution in [1.29, 1.82) is 0 Å². The first-order valence-electron chi connectivity index (χ1n) is 8.96. The van der Waals surface area contributed by atoms with E-state index in [2.05, 4.69) is 13.0 Å². The van der Waals surface area contributed by atoms with E-state index < -0.39 is 0 Å². The van der Waals surface area contributed by atoms with Crippen LogP contribution in [0, 0.1) is 6.92 Å². The number of aryl methyl sites for hydroxylation is 1. The number of allylic oxidation sites excluding steroid dienone is 4. The summed E-state index contributed by atoms with van der Waals surface area (Å²) in [5, 5.41) is 0. The van der Waals surface area contributed by atoms with E-state index in [9.17, 15) is 4.79 Å². The predicted molar refractivity (Wildman–Crippen MR) is 104 cm³/mol. The van der Waals surface area contributed by atoms with Crippen LogP contribution in [0.2, 0.25) is 0 Å². The molecule has 2 aromatic rings. The molecular formula is C23H21O4. The van der Waals surface area contributed by atoms with E-state index in [-0.39, 0.29) is 12.6 Å². The normalized spacial score (nSPS) is 15.8. The van der Waals surface area contributed by atoms with Crippen molar-refractivity contribution in [2.24, 2.45) is 0 Å². The molecule has 1 aliphatic carbocycles. The summed E-state index contributed by atoms with van der Waals surface area (Å²) < 4.78 is 16.0. The van der Waals surface area contributed by atoms with Crippen LogP contribution in [-0.2, 0) is 11.2 Å². The molecular weight excluding hydrogens is 340 g/mol. The lowest BCUT2D eigenvalue weighted by molar-refractivity contribution is -0.114. The molecule has 2 aliphatic rings. The highest BCUT2D eigenvalue weighted by molar-refractivity contribution is 6.06. The number of Topliss-reactive ketones (excluding diaryl/α,β-unsaturated/α-hetero) is 1. The number of methoxy groups -OCH3 is 1. The Morgan fingerprint density at radius 3 is 2.59 bits per heavy atom. The first kappa shape index (κ1) is 17.4. The monoisotopic (exact) mass is 361 g/mol. The molecule has 0 bridgehead atoms. The Balaban J connectivity index is 1.53. The number of hydrogen-bond acceptors (Lipinski definition) is 4. The third kappa shape index (κ3) is 3.61. The van der Waals surface area contributed by atoms with E-state index in [0.29, 0.717) is 12.0 Å². The van der Waals surface area contributed by atoms with Crippen LogP contribution in [0.5, 0.6) is 17.2 Å². The summed E-state index contributed by atoms with van der Waals surface area (Å²) in [4.78, 5) is 12.5. The van der Waals surface area contributed by atoms with Gasteiger partial charge in [0.1, 0.15) is 5.75 Å². The van der Waals surface area contributed by atoms with Crippen molar-refractivity contribution < 1.29 is 19.0 Å². The molecule has 0 amide bonds. The number of benzene rings is 2. The van der Waals surface area contributed by atoms with Gasteiger partial charge in [0.05, 0.1) is 7.11 Å². The van der Waals surface area contributed by atoms with Gasteiger partial charge in [-0.3, -0.25) is 4.79 Å². The molecule has 0 saturated heterocycles. The third-order valence-electron chi connectivity index (χ3n) is 5.00. The molecule has 0 fully saturated rings. The molecule has 0 aromatic heterocycles. The Kier molecular flexibility index (Phi) is 4.71. The molecule has 0 N–H and O–H groups in total. The molecule has 0 spiro atoms. The molecule has 4 nitrogen and oxygen atoms in total. The Hall–Kier alpha value is -3.01. The number of fused-ring (bicyclic) bond motifs is 1. The zero-order chi connectivity index (χ0) is 18.8. The van der Waals surface area contributed by atoms with Gasteiger partial charge in [-0.15, -0.1) is 0 Å². The quantitative estimate of drug-likeness (QED) is 0.784. The predicted octanol–water partition coefficient (Wildman–Crippen LogP) is 4.54. The molecule has 4 heteroatoms. The van der Waals surface area contributed by atoms with Crippen molar-refractivity contribution >= 4 is 11.4 Å². The summed E-state index contributed by atoms with van der Waals surface area (Å²) in [5.41, 5.74) is 4.83. The summed E-state index contributed by atoms with van der Waals surface area (Å²) in [6.45, 7) is 4.28. The van der Waals surface area contributed by atoms with Gasteiger partial charge in [-0.1, -0.05) is 24.3 Å². The van der Waals surface area contributed by atoms with E-state index in [0.717, 1.165) is 52.4 Å². The first-order valence-corrected chi connectivity index (χ1v) is 8.96. The highest BCUT2D eigenvalue weighted by atomic mass is 16.7. The highest BCUT2D eigenvalue weighted by Crippen LogP contribution is 2.34. The fraction of sp³-hybridized carbons (Fsp3) is 0.217. The van der Waals surface area contributed by atoms with E-state index in [1.807, 2.05) is 42.5 Å². The second-order valence-corrected chi connectivity index (χ2v) is 6.69. The second-order valence-electron chi connectivity index (χ2n) is 6.69. The molecule has 27 heavy (non-hydrogen) atoms. The molecule has 137 valence electrons. The Morgan fingerprint density at radius 2 is 1.81 bits per heavy atom. The van der Waals surface area contributed by atoms with Crippen LogP contribution in [-0.4, -0.2) is 19.7 Å². The van der Waals surface area contributed by atoms with E-state index in [1.165, 1.54) is 0 Å². The minimum Gasteiger partial charge on any atom is -0.497 e. The van der Waals surface area contributed by atoms with Crippen LogP contribution in [0.3, 0.4) is 0 Å². The van der Waals surface area contributed by atoms with Crippen molar-refractivity contribution in [2.45, 2.75) is 19.3 Å². The molecule has 0 saturated carbocycles. The van der Waals surface area contributed by atoms with E-state index in [4.69, 9.17) is 14.2 Å². The van der Waals surface area contributed by atoms with Gasteiger partial charge in [0.25, 0.3) is 0 Å². The standard InChI is InChI=1S/C23H21O4/c1-15-18(5-3-16-4-10-22-23(11-16)27-14-26-22)12-19(13-21(15)24)17-6-8-20(25-2)9-7-17/h4,6-12H,1,3,5,13-14H2,2H3. The zero-order valence-corrected chi connectivity index (χ0v) is 15.3. The smallest absolute Gasteiger partial charge is 0.231 e. The fourth-order valence-electron chi connectivity index (χ4n) is 3.40. The molecule has 1 radical (unpaired) electrons. The van der Waals surface area contributed by atoms with E-state index in [1.54, 1.807) is 7.11 Å². The number of carbonyl (C=O) groups excluding carboxylic acids is 1. The minimum atomic E-state index is 0.0870. The average Bonchev–Trinajstić information content (AvgIpc) is 3.17. The van der Waals surface area contributed by atoms with Gasteiger partial charge in [-0.05, 0) is 71.9 Å². The largest absolute Gasteiger partial charge is 0.497 e. The minimum absolute atomic E-state index is 0.0870. The van der Waals surface area contributed by atoms with Crippen LogP contribution in [0.4, 0.5) is 0 Å². The summed E-state index contributed by atoms with van der Waals surface area (Å²) in [6, 6.07) is 13.8. The van der Waals surface area contributed by atoms with Crippen LogP contribution < -0.4 is 14.2 Å². The van der Waals surface area contributed by atoms with Crippen molar-refractivity contribution in [1.82, 2.24) is 0 Å². The summed E-state index contributed by atoms with van der Waals surface area (Å²) in [7, 11) is 1.64. The van der Waals surface area contributed by atoms with Crippen molar-refractivity contribution in [3.05, 3.63) is 77.7 Å². The number of ether oxygens (including phenoxy) is 3. The summed E-state index contributed by atoms with van der Waals surface area (Å²) >= 11 is 0. The molecule has 0 atom stereocenters. The van der Waals surface area contributed by atoms with E-state index >= 15 is 0 Å². The maximum Gasteiger partial charge on any atom is 0.231 e. The van der Waals surface area contributed by atoms with Gasteiger partial charge in [-0.2, -0.15) is 0 Å². The van der Waals surface area contributed by atoms with Crippen molar-refractivity contribution in [2.75, 3.05) is 13.9 Å². The third-order valence-corrected chi connectivity index (χ3v) is 5.00. The van der Waals surface area contributed by atoms with Crippen molar-refractivity contribution in [3.8, 4) is 17.2 Å². The number of carbonyl (C=O) groups is 1. The van der Waals surface area contributed by atoms with Gasteiger partial charge in [0.2, 0.25) is 6.79 Å². The molecule has 4 rings (SSSR count). The van der Waals surface area contributed by atoms with Gasteiger partial charge in [0.15, 0.2) is 17.3 Å². The Morgan fingerprint density at radius 1 is 1.04 bits per heavy atom. The first-order chi connectivity index (χ1) is 13.1. The molecule has 2 aromatic carbocycles. The Bertz CT molecular complexity index is 935. The average molecular weight is 361 g/mol. The number of ketones is 1. The molecule has 0 unspecified atom stereocenters. The van der Waals surface area contributed by atoms with Gasteiger partial charge in [0, 0.05) is 6.42 Å². The zero-order valence-electron chi connectivity index (χ0n) is 15.3.